The monoisotopic (exact) mass is 734 g/mol. The first-order chi connectivity index (χ1) is 24.8. The molecule has 0 spiro atoms. The van der Waals surface area contributed by atoms with E-state index in [2.05, 4.69) is 27.5 Å². The summed E-state index contributed by atoms with van der Waals surface area (Å²) >= 11 is 0. The average Bonchev–Trinajstić information content (AvgIpc) is 4.00. The molecule has 2 aromatic rings. The molecule has 3 N–H and O–H groups in total. The molecule has 280 valence electrons. The van der Waals surface area contributed by atoms with Crippen molar-refractivity contribution >= 4 is 33.8 Å². The maximum Gasteiger partial charge on any atom is 0.407 e. The maximum atomic E-state index is 14.4. The highest BCUT2D eigenvalue weighted by atomic mass is 32.2. The van der Waals surface area contributed by atoms with E-state index >= 15 is 0 Å². The molecule has 52 heavy (non-hydrogen) atoms. The third kappa shape index (κ3) is 7.44. The highest BCUT2D eigenvalue weighted by Gasteiger charge is 2.67. The summed E-state index contributed by atoms with van der Waals surface area (Å²) in [5.74, 6) is -1.76. The largest absolute Gasteiger partial charge is 0.449 e. The molecule has 1 saturated heterocycles. The molecule has 0 aromatic heterocycles. The van der Waals surface area contributed by atoms with Gasteiger partial charge < -0.3 is 25.0 Å². The van der Waals surface area contributed by atoms with Crippen LogP contribution in [0.1, 0.15) is 82.8 Å². The number of aryl methyl sites for hydroxylation is 1. The summed E-state index contributed by atoms with van der Waals surface area (Å²) in [7, 11) is -2.29. The lowest BCUT2D eigenvalue weighted by atomic mass is 9.86. The Morgan fingerprint density at radius 1 is 0.981 bits per heavy atom. The number of methoxy groups -OCH3 is 1. The fraction of sp³-hybridized carbons (Fsp3) is 0.590. The highest BCUT2D eigenvalue weighted by Crippen LogP contribution is 2.57. The lowest BCUT2D eigenvalue weighted by Gasteiger charge is -2.29. The SMILES string of the molecule is CO[C@@]12C[C@@H](C(=O)N[C@]3(C(=O)NS(=O)(=O)C4CC4)C[C@@H]3C3CC3)N(C1)C(=O)CNC(=O)OCC(C)(C)CCCCc1ccccc1-c1ccc2cc1. The van der Waals surface area contributed by atoms with Gasteiger partial charge in [-0.05, 0) is 90.9 Å². The van der Waals surface area contributed by atoms with E-state index in [-0.39, 0.29) is 36.8 Å². The number of rotatable bonds is 7. The number of alkyl carbamates (subject to hydrolysis) is 1. The molecule has 3 saturated carbocycles. The first-order valence-electron chi connectivity index (χ1n) is 18.6. The van der Waals surface area contributed by atoms with Gasteiger partial charge in [-0.2, -0.15) is 0 Å². The van der Waals surface area contributed by atoms with Crippen LogP contribution in [0.4, 0.5) is 4.79 Å². The van der Waals surface area contributed by atoms with E-state index in [0.717, 1.165) is 55.2 Å². The Bertz CT molecular complexity index is 1840. The van der Waals surface area contributed by atoms with Crippen molar-refractivity contribution in [2.24, 2.45) is 17.3 Å². The van der Waals surface area contributed by atoms with Crippen molar-refractivity contribution < 1.29 is 37.1 Å². The number of hydrogen-bond donors (Lipinski definition) is 3. The molecule has 3 heterocycles. The van der Waals surface area contributed by atoms with Crippen LogP contribution in [0.5, 0.6) is 0 Å². The summed E-state index contributed by atoms with van der Waals surface area (Å²) in [6.45, 7) is 3.88. The van der Waals surface area contributed by atoms with Crippen molar-refractivity contribution in [1.29, 1.82) is 0 Å². The van der Waals surface area contributed by atoms with Gasteiger partial charge in [-0.1, -0.05) is 68.8 Å². The van der Waals surface area contributed by atoms with Gasteiger partial charge in [0.1, 0.15) is 23.7 Å². The number of nitrogens with one attached hydrogen (secondary N) is 3. The Balaban J connectivity index is 1.19. The van der Waals surface area contributed by atoms with Crippen LogP contribution in [-0.2, 0) is 45.9 Å². The first-order valence-corrected chi connectivity index (χ1v) is 20.1. The van der Waals surface area contributed by atoms with E-state index in [1.54, 1.807) is 7.11 Å². The molecule has 3 aliphatic carbocycles. The second kappa shape index (κ2) is 13.8. The number of fused-ring (bicyclic) bond motifs is 12. The fourth-order valence-electron chi connectivity index (χ4n) is 8.17. The molecule has 0 radical (unpaired) electrons. The zero-order valence-corrected chi connectivity index (χ0v) is 31.1. The zero-order chi connectivity index (χ0) is 36.9. The molecule has 4 atom stereocenters. The summed E-state index contributed by atoms with van der Waals surface area (Å²) in [4.78, 5) is 56.1. The van der Waals surface area contributed by atoms with Gasteiger partial charge in [0.05, 0.1) is 18.4 Å². The van der Waals surface area contributed by atoms with E-state index in [1.165, 1.54) is 10.5 Å². The molecule has 4 fully saturated rings. The molecule has 12 nitrogen and oxygen atoms in total. The third-order valence-electron chi connectivity index (χ3n) is 11.8. The van der Waals surface area contributed by atoms with E-state index < -0.39 is 62.8 Å². The third-order valence-corrected chi connectivity index (χ3v) is 13.6. The van der Waals surface area contributed by atoms with Crippen LogP contribution in [0.2, 0.25) is 0 Å². The number of carbonyl (C=O) groups is 4. The summed E-state index contributed by atoms with van der Waals surface area (Å²) < 4.78 is 39.5. The molecule has 3 aliphatic heterocycles. The standard InChI is InChI=1S/C39H50N4O8S/c1-37(2)19-7-6-9-25-8-4-5-10-30(25)26-13-15-28(16-14-26)38(50-3)21-32(43(23-38)33(44)22-40-36(47)51-24-37)34(45)41-39(20-31(39)27-11-12-27)35(46)42-52(48,49)29-17-18-29/h4-5,8,10,13-16,27,29,31-32H,6-7,9,11-12,17-24H2,1-3H3,(H,40,47)(H,41,45)(H,42,46)/t31-,32+,38+,39-/m1/s1. The summed E-state index contributed by atoms with van der Waals surface area (Å²) in [5.41, 5.74) is 1.48. The molecule has 13 heteroatoms. The van der Waals surface area contributed by atoms with Gasteiger partial charge in [-0.25, -0.2) is 13.2 Å². The second-order valence-corrected chi connectivity index (χ2v) is 18.2. The lowest BCUT2D eigenvalue weighted by molar-refractivity contribution is -0.139. The fourth-order valence-corrected chi connectivity index (χ4v) is 9.54. The summed E-state index contributed by atoms with van der Waals surface area (Å²) in [6, 6.07) is 15.3. The molecule has 4 bridgehead atoms. The van der Waals surface area contributed by atoms with Gasteiger partial charge in [0.15, 0.2) is 0 Å². The first kappa shape index (κ1) is 36.4. The Morgan fingerprint density at radius 3 is 2.40 bits per heavy atom. The minimum absolute atomic E-state index is 0.0153. The molecule has 4 amide bonds. The van der Waals surface area contributed by atoms with Crippen molar-refractivity contribution in [2.75, 3.05) is 26.8 Å². The summed E-state index contributed by atoms with van der Waals surface area (Å²) in [6.07, 6.45) is 6.20. The molecule has 6 aliphatic rings. The lowest BCUT2D eigenvalue weighted by Crippen LogP contribution is -2.57. The predicted molar refractivity (Wildman–Crippen MR) is 193 cm³/mol. The van der Waals surface area contributed by atoms with Crippen LogP contribution in [0, 0.1) is 17.3 Å². The molecular formula is C39H50N4O8S. The summed E-state index contributed by atoms with van der Waals surface area (Å²) in [5, 5.41) is 4.92. The van der Waals surface area contributed by atoms with Crippen LogP contribution < -0.4 is 15.4 Å². The Kier molecular flexibility index (Phi) is 9.64. The van der Waals surface area contributed by atoms with E-state index in [4.69, 9.17) is 9.47 Å². The minimum Gasteiger partial charge on any atom is -0.449 e. The number of hydrogen-bond acceptors (Lipinski definition) is 8. The minimum atomic E-state index is -3.84. The Labute approximate surface area is 305 Å². The van der Waals surface area contributed by atoms with E-state index in [9.17, 15) is 27.6 Å². The normalized spacial score (nSPS) is 29.3. The van der Waals surface area contributed by atoms with Crippen LogP contribution in [0.15, 0.2) is 48.5 Å². The zero-order valence-electron chi connectivity index (χ0n) is 30.2. The maximum absolute atomic E-state index is 14.4. The number of nitrogens with zero attached hydrogens (tertiary/aromatic N) is 1. The number of amides is 4. The number of carbonyl (C=O) groups excluding carboxylic acids is 4. The average molecular weight is 735 g/mol. The Morgan fingerprint density at radius 2 is 1.71 bits per heavy atom. The van der Waals surface area contributed by atoms with Crippen LogP contribution >= 0.6 is 0 Å². The quantitative estimate of drug-likeness (QED) is 0.383. The second-order valence-electron chi connectivity index (χ2n) is 16.3. The van der Waals surface area contributed by atoms with Gasteiger partial charge in [0.2, 0.25) is 21.8 Å². The molecule has 0 unspecified atom stereocenters. The van der Waals surface area contributed by atoms with Crippen molar-refractivity contribution in [1.82, 2.24) is 20.3 Å². The predicted octanol–water partition coefficient (Wildman–Crippen LogP) is 4.17. The van der Waals surface area contributed by atoms with Gasteiger partial charge in [-0.3, -0.25) is 19.1 Å². The van der Waals surface area contributed by atoms with Gasteiger partial charge >= 0.3 is 6.09 Å². The van der Waals surface area contributed by atoms with Crippen LogP contribution in [-0.4, -0.2) is 80.8 Å². The number of ether oxygens (including phenoxy) is 2. The molecular weight excluding hydrogens is 685 g/mol. The van der Waals surface area contributed by atoms with Crippen LogP contribution in [0.3, 0.4) is 0 Å². The van der Waals surface area contributed by atoms with Crippen molar-refractivity contribution in [3.05, 3.63) is 59.7 Å². The van der Waals surface area contributed by atoms with Crippen molar-refractivity contribution in [3.63, 3.8) is 0 Å². The van der Waals surface area contributed by atoms with Gasteiger partial charge in [0.25, 0.3) is 5.91 Å². The smallest absolute Gasteiger partial charge is 0.407 e. The van der Waals surface area contributed by atoms with Gasteiger partial charge in [0, 0.05) is 13.5 Å². The molecule has 2 aromatic carbocycles. The van der Waals surface area contributed by atoms with Crippen molar-refractivity contribution in [3.8, 4) is 11.1 Å². The Hall–Kier alpha value is -3.97. The van der Waals surface area contributed by atoms with E-state index in [0.29, 0.717) is 19.3 Å². The number of sulfonamides is 1. The van der Waals surface area contributed by atoms with Gasteiger partial charge in [-0.15, -0.1) is 0 Å². The van der Waals surface area contributed by atoms with Crippen LogP contribution in [0.25, 0.3) is 11.1 Å². The highest BCUT2D eigenvalue weighted by molar-refractivity contribution is 7.91. The van der Waals surface area contributed by atoms with E-state index in [1.807, 2.05) is 50.2 Å². The number of benzene rings is 2. The van der Waals surface area contributed by atoms with Crippen molar-refractivity contribution in [2.45, 2.75) is 100 Å². The molecule has 8 rings (SSSR count). The topological polar surface area (TPSA) is 160 Å².